The van der Waals surface area contributed by atoms with Gasteiger partial charge in [-0.3, -0.25) is 19.0 Å². The van der Waals surface area contributed by atoms with E-state index < -0.39 is 5.41 Å². The summed E-state index contributed by atoms with van der Waals surface area (Å²) < 4.78 is 1.51. The highest BCUT2D eigenvalue weighted by Gasteiger charge is 2.51. The molecule has 8 heteroatoms. The van der Waals surface area contributed by atoms with E-state index in [4.69, 9.17) is 0 Å². The van der Waals surface area contributed by atoms with Crippen LogP contribution in [0.2, 0.25) is 0 Å². The van der Waals surface area contributed by atoms with Crippen LogP contribution in [0, 0.1) is 0 Å². The minimum Gasteiger partial charge on any atom is -0.342 e. The van der Waals surface area contributed by atoms with Crippen molar-refractivity contribution in [3.63, 3.8) is 0 Å². The second kappa shape index (κ2) is 8.53. The zero-order valence-corrected chi connectivity index (χ0v) is 22.0. The number of anilines is 3. The highest BCUT2D eigenvalue weighted by atomic mass is 16.2. The third kappa shape index (κ3) is 3.66. The van der Waals surface area contributed by atoms with Crippen LogP contribution in [0.15, 0.2) is 76.4 Å². The van der Waals surface area contributed by atoms with Crippen molar-refractivity contribution in [3.05, 3.63) is 104 Å². The lowest BCUT2D eigenvalue weighted by Crippen LogP contribution is -2.35. The molecule has 2 amide bonds. The topological polar surface area (TPSA) is 96.3 Å². The first-order valence-corrected chi connectivity index (χ1v) is 13.4. The number of aromatic nitrogens is 2. The number of nitrogens with one attached hydrogen (secondary N) is 2. The van der Waals surface area contributed by atoms with Gasteiger partial charge in [0.2, 0.25) is 5.91 Å². The minimum absolute atomic E-state index is 0.0145. The Morgan fingerprint density at radius 3 is 2.77 bits per heavy atom. The van der Waals surface area contributed by atoms with Crippen LogP contribution in [0.25, 0.3) is 0 Å². The molecule has 2 aliphatic carbocycles. The SMILES string of the molecule is CC1=CC2=C(CC1)N(C(=O)c1cc(Nc3ccc4c(c3)CC3(C4)C(=O)Nc4ncccc43)n(C)c(=O)c1)CC2. The number of hydrogen-bond donors (Lipinski definition) is 2. The van der Waals surface area contributed by atoms with Crippen molar-refractivity contribution in [1.29, 1.82) is 0 Å². The number of allylic oxidation sites excluding steroid dienone is 3. The Morgan fingerprint density at radius 1 is 1.05 bits per heavy atom. The summed E-state index contributed by atoms with van der Waals surface area (Å²) in [7, 11) is 1.69. The van der Waals surface area contributed by atoms with E-state index in [1.165, 1.54) is 21.8 Å². The predicted octanol–water partition coefficient (Wildman–Crippen LogP) is 4.35. The molecule has 2 N–H and O–H groups in total. The molecule has 7 rings (SSSR count). The van der Waals surface area contributed by atoms with Gasteiger partial charge in [0, 0.05) is 48.4 Å². The third-order valence-corrected chi connectivity index (χ3v) is 8.69. The van der Waals surface area contributed by atoms with Gasteiger partial charge >= 0.3 is 0 Å². The quantitative estimate of drug-likeness (QED) is 0.536. The fourth-order valence-electron chi connectivity index (χ4n) is 6.57. The van der Waals surface area contributed by atoms with Gasteiger partial charge in [-0.25, -0.2) is 4.98 Å². The number of benzene rings is 1. The number of hydrogen-bond acceptors (Lipinski definition) is 5. The molecule has 0 fully saturated rings. The van der Waals surface area contributed by atoms with Gasteiger partial charge in [-0.1, -0.05) is 23.8 Å². The number of amides is 2. The van der Waals surface area contributed by atoms with Gasteiger partial charge in [-0.2, -0.15) is 0 Å². The summed E-state index contributed by atoms with van der Waals surface area (Å²) >= 11 is 0. The number of fused-ring (bicyclic) bond motifs is 3. The third-order valence-electron chi connectivity index (χ3n) is 8.69. The van der Waals surface area contributed by atoms with Gasteiger partial charge in [0.05, 0.1) is 5.41 Å². The molecule has 2 aliphatic heterocycles. The van der Waals surface area contributed by atoms with E-state index in [9.17, 15) is 14.4 Å². The van der Waals surface area contributed by atoms with E-state index in [-0.39, 0.29) is 17.4 Å². The summed E-state index contributed by atoms with van der Waals surface area (Å²) in [6, 6.07) is 13.1. The van der Waals surface area contributed by atoms with Crippen molar-refractivity contribution in [1.82, 2.24) is 14.5 Å². The second-order valence-corrected chi connectivity index (χ2v) is 11.1. The summed E-state index contributed by atoms with van der Waals surface area (Å²) in [6.45, 7) is 2.77. The van der Waals surface area contributed by atoms with Crippen molar-refractivity contribution in [2.75, 3.05) is 17.2 Å². The number of rotatable bonds is 3. The number of carbonyl (C=O) groups is 2. The molecule has 0 saturated carbocycles. The van der Waals surface area contributed by atoms with Crippen LogP contribution in [-0.4, -0.2) is 32.8 Å². The van der Waals surface area contributed by atoms with E-state index in [1.54, 1.807) is 19.3 Å². The van der Waals surface area contributed by atoms with Crippen molar-refractivity contribution in [2.45, 2.75) is 44.4 Å². The van der Waals surface area contributed by atoms with E-state index in [0.29, 0.717) is 36.6 Å². The standard InChI is InChI=1S/C31H29N5O3/c1-18-5-8-25-19(12-18)9-11-36(25)29(38)21-14-26(35(2)27(37)15-21)33-23-7-6-20-16-31(17-22(20)13-23)24-4-3-10-32-28(24)34-30(31)39/h3-4,6-7,10,12-15,33H,5,8-9,11,16-17H2,1-2H3,(H,32,34,39). The van der Waals surface area contributed by atoms with Crippen LogP contribution < -0.4 is 16.2 Å². The molecule has 1 aromatic carbocycles. The smallest absolute Gasteiger partial charge is 0.258 e. The highest BCUT2D eigenvalue weighted by Crippen LogP contribution is 2.47. The lowest BCUT2D eigenvalue weighted by atomic mass is 9.79. The molecule has 0 saturated heterocycles. The molecule has 3 aromatic rings. The predicted molar refractivity (Wildman–Crippen MR) is 149 cm³/mol. The van der Waals surface area contributed by atoms with E-state index in [2.05, 4.69) is 28.6 Å². The van der Waals surface area contributed by atoms with Crippen LogP contribution in [-0.2, 0) is 30.1 Å². The van der Waals surface area contributed by atoms with E-state index in [0.717, 1.165) is 47.3 Å². The molecule has 4 aliphatic rings. The normalized spacial score (nSPS) is 21.0. The van der Waals surface area contributed by atoms with Crippen LogP contribution in [0.3, 0.4) is 0 Å². The summed E-state index contributed by atoms with van der Waals surface area (Å²) in [5.74, 6) is 1.04. The summed E-state index contributed by atoms with van der Waals surface area (Å²) in [6.07, 6.45) is 7.76. The number of pyridine rings is 2. The van der Waals surface area contributed by atoms with E-state index in [1.807, 2.05) is 35.2 Å². The average Bonchev–Trinajstić information content (AvgIpc) is 3.59. The molecule has 196 valence electrons. The maximum atomic E-state index is 13.5. The average molecular weight is 520 g/mol. The molecule has 1 atom stereocenters. The molecule has 4 heterocycles. The molecule has 0 bridgehead atoms. The van der Waals surface area contributed by atoms with Crippen LogP contribution in [0.4, 0.5) is 17.3 Å². The summed E-state index contributed by atoms with van der Waals surface area (Å²) in [5.41, 5.74) is 7.11. The Kier molecular flexibility index (Phi) is 5.17. The van der Waals surface area contributed by atoms with Gasteiger partial charge in [0.25, 0.3) is 11.5 Å². The Balaban J connectivity index is 1.17. The molecule has 2 aromatic heterocycles. The Labute approximate surface area is 226 Å². The van der Waals surface area contributed by atoms with Crippen molar-refractivity contribution in [3.8, 4) is 0 Å². The van der Waals surface area contributed by atoms with Crippen molar-refractivity contribution >= 4 is 29.1 Å². The first-order chi connectivity index (χ1) is 18.8. The molecule has 8 nitrogen and oxygen atoms in total. The molecular formula is C31H29N5O3. The zero-order chi connectivity index (χ0) is 26.9. The van der Waals surface area contributed by atoms with Crippen LogP contribution in [0.1, 0.15) is 53.2 Å². The molecular weight excluding hydrogens is 490 g/mol. The molecule has 0 radical (unpaired) electrons. The number of carbonyl (C=O) groups excluding carboxylic acids is 2. The summed E-state index contributed by atoms with van der Waals surface area (Å²) in [5, 5.41) is 6.30. The summed E-state index contributed by atoms with van der Waals surface area (Å²) in [4.78, 5) is 45.7. The Bertz CT molecular complexity index is 1720. The molecule has 1 unspecified atom stereocenters. The number of nitrogens with zero attached hydrogens (tertiary/aromatic N) is 3. The fourth-order valence-corrected chi connectivity index (χ4v) is 6.57. The second-order valence-electron chi connectivity index (χ2n) is 11.1. The first kappa shape index (κ1) is 23.6. The maximum Gasteiger partial charge on any atom is 0.258 e. The molecule has 39 heavy (non-hydrogen) atoms. The lowest BCUT2D eigenvalue weighted by molar-refractivity contribution is -0.120. The van der Waals surface area contributed by atoms with Crippen molar-refractivity contribution < 1.29 is 9.59 Å². The van der Waals surface area contributed by atoms with Crippen molar-refractivity contribution in [2.24, 2.45) is 7.05 Å². The largest absolute Gasteiger partial charge is 0.342 e. The Hall–Kier alpha value is -4.46. The van der Waals surface area contributed by atoms with E-state index >= 15 is 0 Å². The molecule has 1 spiro atoms. The van der Waals surface area contributed by atoms with Gasteiger partial charge in [-0.15, -0.1) is 0 Å². The van der Waals surface area contributed by atoms with Gasteiger partial charge in [0.15, 0.2) is 0 Å². The Morgan fingerprint density at radius 2 is 1.90 bits per heavy atom. The zero-order valence-electron chi connectivity index (χ0n) is 22.0. The van der Waals surface area contributed by atoms with Gasteiger partial charge in [0.1, 0.15) is 11.6 Å². The van der Waals surface area contributed by atoms with Crippen LogP contribution >= 0.6 is 0 Å². The fraction of sp³-hybridized carbons (Fsp3) is 0.290. The van der Waals surface area contributed by atoms with Crippen LogP contribution in [0.5, 0.6) is 0 Å². The maximum absolute atomic E-state index is 13.5. The minimum atomic E-state index is -0.639. The highest BCUT2D eigenvalue weighted by molar-refractivity contribution is 6.06. The lowest BCUT2D eigenvalue weighted by Gasteiger charge is -2.23. The monoisotopic (exact) mass is 519 g/mol. The van der Waals surface area contributed by atoms with Gasteiger partial charge in [-0.05, 0) is 80.0 Å². The first-order valence-electron chi connectivity index (χ1n) is 13.4. The van der Waals surface area contributed by atoms with Gasteiger partial charge < -0.3 is 15.5 Å².